The molecule has 0 saturated heterocycles. The van der Waals surface area contributed by atoms with E-state index >= 15 is 0 Å². The highest BCUT2D eigenvalue weighted by Crippen LogP contribution is 2.31. The Labute approximate surface area is 185 Å². The standard InChI is InChI=1S/C20H19ClN2O6S2/c1-28-16-7-12-20(29-2)19(13-16)23-31(26,27)18-10-5-15(6-11-18)22-30(24,25)17-8-3-14(21)4-9-17/h3-13,22-23H,1-2H3. The summed E-state index contributed by atoms with van der Waals surface area (Å²) < 4.78 is 65.6. The van der Waals surface area contributed by atoms with Crippen molar-refractivity contribution < 1.29 is 26.3 Å². The maximum atomic E-state index is 12.8. The van der Waals surface area contributed by atoms with Gasteiger partial charge in [-0.15, -0.1) is 0 Å². The smallest absolute Gasteiger partial charge is 0.262 e. The van der Waals surface area contributed by atoms with Gasteiger partial charge in [-0.1, -0.05) is 11.6 Å². The van der Waals surface area contributed by atoms with Gasteiger partial charge in [-0.3, -0.25) is 9.44 Å². The largest absolute Gasteiger partial charge is 0.497 e. The minimum atomic E-state index is -3.97. The van der Waals surface area contributed by atoms with Gasteiger partial charge >= 0.3 is 0 Å². The first-order valence-corrected chi connectivity index (χ1v) is 12.1. The molecule has 0 saturated carbocycles. The molecule has 0 amide bonds. The molecular formula is C20H19ClN2O6S2. The fourth-order valence-electron chi connectivity index (χ4n) is 2.63. The average molecular weight is 483 g/mol. The Kier molecular flexibility index (Phi) is 6.63. The number of halogens is 1. The summed E-state index contributed by atoms with van der Waals surface area (Å²) in [6.45, 7) is 0. The van der Waals surface area contributed by atoms with Gasteiger partial charge < -0.3 is 9.47 Å². The van der Waals surface area contributed by atoms with Crippen molar-refractivity contribution >= 4 is 43.0 Å². The topological polar surface area (TPSA) is 111 Å². The number of nitrogens with one attached hydrogen (secondary N) is 2. The van der Waals surface area contributed by atoms with Crippen LogP contribution in [0.15, 0.2) is 76.5 Å². The molecule has 0 spiro atoms. The summed E-state index contributed by atoms with van der Waals surface area (Å²) in [6, 6.07) is 15.6. The molecule has 0 radical (unpaired) electrons. The molecule has 0 bridgehead atoms. The number of anilines is 2. The van der Waals surface area contributed by atoms with Crippen LogP contribution in [0.25, 0.3) is 0 Å². The van der Waals surface area contributed by atoms with Crippen molar-refractivity contribution in [2.75, 3.05) is 23.7 Å². The van der Waals surface area contributed by atoms with Gasteiger partial charge in [-0.05, 0) is 60.7 Å². The molecule has 3 rings (SSSR count). The maximum absolute atomic E-state index is 12.8. The van der Waals surface area contributed by atoms with Gasteiger partial charge in [-0.25, -0.2) is 16.8 Å². The van der Waals surface area contributed by atoms with Crippen LogP contribution in [0.3, 0.4) is 0 Å². The molecule has 0 aliphatic heterocycles. The van der Waals surface area contributed by atoms with E-state index in [1.807, 2.05) is 0 Å². The second kappa shape index (κ2) is 9.04. The minimum Gasteiger partial charge on any atom is -0.497 e. The molecule has 0 fully saturated rings. The molecule has 164 valence electrons. The molecule has 2 N–H and O–H groups in total. The lowest BCUT2D eigenvalue weighted by Gasteiger charge is -2.13. The predicted octanol–water partition coefficient (Wildman–Crippen LogP) is 3.96. The summed E-state index contributed by atoms with van der Waals surface area (Å²) in [6.07, 6.45) is 0. The van der Waals surface area contributed by atoms with E-state index in [0.29, 0.717) is 16.5 Å². The highest BCUT2D eigenvalue weighted by molar-refractivity contribution is 7.93. The van der Waals surface area contributed by atoms with Gasteiger partial charge in [-0.2, -0.15) is 0 Å². The third kappa shape index (κ3) is 5.40. The van der Waals surface area contributed by atoms with Crippen LogP contribution in [-0.2, 0) is 20.0 Å². The first-order valence-electron chi connectivity index (χ1n) is 8.78. The summed E-state index contributed by atoms with van der Waals surface area (Å²) in [4.78, 5) is -0.0350. The molecule has 0 aliphatic carbocycles. The molecule has 0 aromatic heterocycles. The number of methoxy groups -OCH3 is 2. The molecule has 3 aromatic rings. The highest BCUT2D eigenvalue weighted by atomic mass is 35.5. The third-order valence-corrected chi connectivity index (χ3v) is 7.22. The maximum Gasteiger partial charge on any atom is 0.262 e. The Morgan fingerprint density at radius 1 is 0.710 bits per heavy atom. The van der Waals surface area contributed by atoms with Gasteiger partial charge in [0.25, 0.3) is 20.0 Å². The van der Waals surface area contributed by atoms with E-state index in [1.54, 1.807) is 12.1 Å². The van der Waals surface area contributed by atoms with Crippen molar-refractivity contribution in [2.45, 2.75) is 9.79 Å². The van der Waals surface area contributed by atoms with Crippen molar-refractivity contribution in [1.29, 1.82) is 0 Å². The number of hydrogen-bond donors (Lipinski definition) is 2. The van der Waals surface area contributed by atoms with Crippen LogP contribution < -0.4 is 18.9 Å². The number of benzene rings is 3. The average Bonchev–Trinajstić information content (AvgIpc) is 2.74. The van der Waals surface area contributed by atoms with Crippen LogP contribution in [0.1, 0.15) is 0 Å². The second-order valence-corrected chi connectivity index (χ2v) is 10.1. The lowest BCUT2D eigenvalue weighted by Crippen LogP contribution is -2.15. The SMILES string of the molecule is COc1ccc(OC)c(NS(=O)(=O)c2ccc(NS(=O)(=O)c3ccc(Cl)cc3)cc2)c1. The molecule has 0 atom stereocenters. The summed E-state index contributed by atoms with van der Waals surface area (Å²) in [5.74, 6) is 0.766. The van der Waals surface area contributed by atoms with E-state index in [2.05, 4.69) is 9.44 Å². The summed E-state index contributed by atoms with van der Waals surface area (Å²) in [5.41, 5.74) is 0.405. The van der Waals surface area contributed by atoms with Crippen molar-refractivity contribution in [3.8, 4) is 11.5 Å². The van der Waals surface area contributed by atoms with E-state index in [4.69, 9.17) is 21.1 Å². The Bertz CT molecular complexity index is 1280. The van der Waals surface area contributed by atoms with Crippen LogP contribution in [0.5, 0.6) is 11.5 Å². The molecular weight excluding hydrogens is 464 g/mol. The van der Waals surface area contributed by atoms with Crippen LogP contribution >= 0.6 is 11.6 Å². The van der Waals surface area contributed by atoms with E-state index < -0.39 is 20.0 Å². The van der Waals surface area contributed by atoms with E-state index in [-0.39, 0.29) is 21.2 Å². The Hall–Kier alpha value is -2.95. The monoisotopic (exact) mass is 482 g/mol. The molecule has 0 unspecified atom stereocenters. The first kappa shape index (κ1) is 22.7. The predicted molar refractivity (Wildman–Crippen MR) is 119 cm³/mol. The zero-order valence-corrected chi connectivity index (χ0v) is 18.9. The highest BCUT2D eigenvalue weighted by Gasteiger charge is 2.19. The summed E-state index contributed by atoms with van der Waals surface area (Å²) >= 11 is 5.78. The second-order valence-electron chi connectivity index (χ2n) is 6.26. The number of sulfonamides is 2. The van der Waals surface area contributed by atoms with E-state index in [9.17, 15) is 16.8 Å². The lowest BCUT2D eigenvalue weighted by atomic mass is 10.3. The van der Waals surface area contributed by atoms with Crippen LogP contribution in [0.4, 0.5) is 11.4 Å². The zero-order chi connectivity index (χ0) is 22.6. The van der Waals surface area contributed by atoms with Crippen molar-refractivity contribution in [3.05, 3.63) is 71.8 Å². The van der Waals surface area contributed by atoms with Crippen LogP contribution in [0.2, 0.25) is 5.02 Å². The minimum absolute atomic E-state index is 0.0281. The Balaban J connectivity index is 1.81. The number of ether oxygens (including phenoxy) is 2. The number of rotatable bonds is 8. The molecule has 3 aromatic carbocycles. The normalized spacial score (nSPS) is 11.6. The fraction of sp³-hybridized carbons (Fsp3) is 0.100. The van der Waals surface area contributed by atoms with Gasteiger partial charge in [0.15, 0.2) is 0 Å². The molecule has 31 heavy (non-hydrogen) atoms. The fourth-order valence-corrected chi connectivity index (χ4v) is 4.87. The van der Waals surface area contributed by atoms with E-state index in [0.717, 1.165) is 0 Å². The van der Waals surface area contributed by atoms with Gasteiger partial charge in [0.1, 0.15) is 11.5 Å². The van der Waals surface area contributed by atoms with Crippen molar-refractivity contribution in [1.82, 2.24) is 0 Å². The molecule has 8 nitrogen and oxygen atoms in total. The Morgan fingerprint density at radius 2 is 1.26 bits per heavy atom. The van der Waals surface area contributed by atoms with Crippen LogP contribution in [-0.4, -0.2) is 31.1 Å². The first-order chi connectivity index (χ1) is 14.6. The molecule has 0 heterocycles. The Morgan fingerprint density at radius 3 is 1.81 bits per heavy atom. The lowest BCUT2D eigenvalue weighted by molar-refractivity contribution is 0.405. The third-order valence-electron chi connectivity index (χ3n) is 4.19. The quantitative estimate of drug-likeness (QED) is 0.502. The van der Waals surface area contributed by atoms with Crippen molar-refractivity contribution in [3.63, 3.8) is 0 Å². The summed E-state index contributed by atoms with van der Waals surface area (Å²) in [7, 11) is -4.93. The zero-order valence-electron chi connectivity index (χ0n) is 16.5. The molecule has 11 heteroatoms. The van der Waals surface area contributed by atoms with Gasteiger partial charge in [0, 0.05) is 16.8 Å². The van der Waals surface area contributed by atoms with Crippen molar-refractivity contribution in [2.24, 2.45) is 0 Å². The number of hydrogen-bond acceptors (Lipinski definition) is 6. The van der Waals surface area contributed by atoms with Gasteiger partial charge in [0.05, 0.1) is 29.7 Å². The van der Waals surface area contributed by atoms with Gasteiger partial charge in [0.2, 0.25) is 0 Å². The summed E-state index contributed by atoms with van der Waals surface area (Å²) in [5, 5.41) is 0.411. The molecule has 0 aliphatic rings. The van der Waals surface area contributed by atoms with Crippen LogP contribution in [0, 0.1) is 0 Å². The van der Waals surface area contributed by atoms with E-state index in [1.165, 1.54) is 68.8 Å².